The number of carbonyl (C=O) groups excluding carboxylic acids is 1. The van der Waals surface area contributed by atoms with Crippen molar-refractivity contribution < 1.29 is 9.53 Å². The third-order valence-corrected chi connectivity index (χ3v) is 3.16. The van der Waals surface area contributed by atoms with E-state index in [1.807, 2.05) is 18.2 Å². The number of benzene rings is 1. The van der Waals surface area contributed by atoms with Gasteiger partial charge in [0.1, 0.15) is 5.82 Å². The van der Waals surface area contributed by atoms with Gasteiger partial charge >= 0.3 is 6.09 Å². The molecule has 2 aromatic rings. The lowest BCUT2D eigenvalue weighted by molar-refractivity contribution is 0.170. The number of fused-ring (bicyclic) bond motifs is 1. The molecule has 1 fully saturated rings. The second kappa shape index (κ2) is 4.33. The summed E-state index contributed by atoms with van der Waals surface area (Å²) in [5.41, 5.74) is 2.12. The second-order valence-corrected chi connectivity index (χ2v) is 4.46. The number of amides is 1. The highest BCUT2D eigenvalue weighted by Gasteiger charge is 2.28. The molecule has 1 aliphatic carbocycles. The van der Waals surface area contributed by atoms with Crippen molar-refractivity contribution in [3.05, 3.63) is 30.1 Å². The monoisotopic (exact) mass is 245 g/mol. The molecule has 1 heterocycles. The first-order valence-electron chi connectivity index (χ1n) is 6.07. The lowest BCUT2D eigenvalue weighted by Gasteiger charge is -2.08. The zero-order valence-electron chi connectivity index (χ0n) is 10.2. The van der Waals surface area contributed by atoms with Gasteiger partial charge in [0.15, 0.2) is 0 Å². The van der Waals surface area contributed by atoms with Crippen LogP contribution in [-0.4, -0.2) is 22.8 Å². The standard InChI is InChI=1S/C13H15N3O2/c1-18-13(17)14-8-12-15-10-4-2-3-5-11(10)16(12)9-6-7-9/h2-5,9H,6-8H2,1H3,(H,14,17). The fourth-order valence-electron chi connectivity index (χ4n) is 2.18. The maximum absolute atomic E-state index is 11.1. The van der Waals surface area contributed by atoms with Gasteiger partial charge in [0.25, 0.3) is 0 Å². The number of hydrogen-bond donors (Lipinski definition) is 1. The predicted molar refractivity (Wildman–Crippen MR) is 67.2 cm³/mol. The maximum Gasteiger partial charge on any atom is 0.407 e. The molecule has 1 aromatic heterocycles. The Morgan fingerprint density at radius 3 is 3.00 bits per heavy atom. The zero-order chi connectivity index (χ0) is 12.5. The minimum Gasteiger partial charge on any atom is -0.453 e. The van der Waals surface area contributed by atoms with Gasteiger partial charge < -0.3 is 14.6 Å². The van der Waals surface area contributed by atoms with Gasteiger partial charge in [-0.05, 0) is 25.0 Å². The summed E-state index contributed by atoms with van der Waals surface area (Å²) in [6.07, 6.45) is 1.95. The van der Waals surface area contributed by atoms with E-state index in [2.05, 4.69) is 25.7 Å². The van der Waals surface area contributed by atoms with E-state index in [1.54, 1.807) is 0 Å². The molecule has 1 aliphatic rings. The van der Waals surface area contributed by atoms with E-state index in [4.69, 9.17) is 0 Å². The molecule has 1 saturated carbocycles. The Bertz CT molecular complexity index is 587. The second-order valence-electron chi connectivity index (χ2n) is 4.46. The van der Waals surface area contributed by atoms with E-state index < -0.39 is 6.09 Å². The first-order valence-corrected chi connectivity index (χ1v) is 6.07. The van der Waals surface area contributed by atoms with Crippen molar-refractivity contribution in [2.75, 3.05) is 7.11 Å². The number of para-hydroxylation sites is 2. The van der Waals surface area contributed by atoms with Crippen LogP contribution in [0.4, 0.5) is 4.79 Å². The highest BCUT2D eigenvalue weighted by Crippen LogP contribution is 2.38. The average Bonchev–Trinajstić information content (AvgIpc) is 3.16. The molecule has 0 saturated heterocycles. The van der Waals surface area contributed by atoms with Crippen molar-refractivity contribution >= 4 is 17.1 Å². The summed E-state index contributed by atoms with van der Waals surface area (Å²) in [5, 5.41) is 2.69. The molecular formula is C13H15N3O2. The molecule has 0 atom stereocenters. The van der Waals surface area contributed by atoms with E-state index in [0.29, 0.717) is 12.6 Å². The highest BCUT2D eigenvalue weighted by atomic mass is 16.5. The lowest BCUT2D eigenvalue weighted by atomic mass is 10.3. The number of nitrogens with one attached hydrogen (secondary N) is 1. The third-order valence-electron chi connectivity index (χ3n) is 3.16. The van der Waals surface area contributed by atoms with Gasteiger partial charge in [0.2, 0.25) is 0 Å². The molecule has 0 spiro atoms. The first-order chi connectivity index (χ1) is 8.79. The van der Waals surface area contributed by atoms with Crippen LogP contribution in [0.2, 0.25) is 0 Å². The summed E-state index contributed by atoms with van der Waals surface area (Å²) in [7, 11) is 1.36. The molecule has 1 N–H and O–H groups in total. The van der Waals surface area contributed by atoms with E-state index in [9.17, 15) is 4.79 Å². The minimum absolute atomic E-state index is 0.401. The fraction of sp³-hybridized carbons (Fsp3) is 0.385. The number of aromatic nitrogens is 2. The van der Waals surface area contributed by atoms with Crippen LogP contribution in [0.15, 0.2) is 24.3 Å². The van der Waals surface area contributed by atoms with Crippen molar-refractivity contribution in [3.8, 4) is 0 Å². The predicted octanol–water partition coefficient (Wildman–Crippen LogP) is 2.23. The average molecular weight is 245 g/mol. The van der Waals surface area contributed by atoms with Gasteiger partial charge in [-0.25, -0.2) is 9.78 Å². The van der Waals surface area contributed by atoms with Gasteiger partial charge in [0, 0.05) is 6.04 Å². The van der Waals surface area contributed by atoms with Crippen molar-refractivity contribution in [2.45, 2.75) is 25.4 Å². The number of hydrogen-bond acceptors (Lipinski definition) is 3. The molecule has 0 radical (unpaired) electrons. The quantitative estimate of drug-likeness (QED) is 0.902. The largest absolute Gasteiger partial charge is 0.453 e. The Morgan fingerprint density at radius 2 is 2.28 bits per heavy atom. The Hall–Kier alpha value is -2.04. The van der Waals surface area contributed by atoms with E-state index in [1.165, 1.54) is 20.0 Å². The van der Waals surface area contributed by atoms with Crippen LogP contribution < -0.4 is 5.32 Å². The topological polar surface area (TPSA) is 56.1 Å². The maximum atomic E-state index is 11.1. The number of carbonyl (C=O) groups is 1. The normalized spacial score (nSPS) is 14.7. The number of ether oxygens (including phenoxy) is 1. The Balaban J connectivity index is 1.94. The van der Waals surface area contributed by atoms with Gasteiger partial charge in [0.05, 0.1) is 24.7 Å². The molecule has 5 heteroatoms. The molecular weight excluding hydrogens is 230 g/mol. The van der Waals surface area contributed by atoms with Crippen molar-refractivity contribution in [1.29, 1.82) is 0 Å². The molecule has 5 nitrogen and oxygen atoms in total. The van der Waals surface area contributed by atoms with Crippen LogP contribution in [-0.2, 0) is 11.3 Å². The van der Waals surface area contributed by atoms with Crippen molar-refractivity contribution in [2.24, 2.45) is 0 Å². The minimum atomic E-state index is -0.426. The summed E-state index contributed by atoms with van der Waals surface area (Å²) < 4.78 is 6.80. The Kier molecular flexibility index (Phi) is 2.66. The van der Waals surface area contributed by atoms with Crippen LogP contribution in [0, 0.1) is 0 Å². The Morgan fingerprint density at radius 1 is 1.50 bits per heavy atom. The molecule has 3 rings (SSSR count). The lowest BCUT2D eigenvalue weighted by Crippen LogP contribution is -2.24. The van der Waals surface area contributed by atoms with E-state index in [0.717, 1.165) is 16.9 Å². The number of nitrogens with zero attached hydrogens (tertiary/aromatic N) is 2. The molecule has 0 aliphatic heterocycles. The van der Waals surface area contributed by atoms with Crippen molar-refractivity contribution in [3.63, 3.8) is 0 Å². The van der Waals surface area contributed by atoms with E-state index in [-0.39, 0.29) is 0 Å². The smallest absolute Gasteiger partial charge is 0.407 e. The summed E-state index contributed by atoms with van der Waals surface area (Å²) >= 11 is 0. The molecule has 94 valence electrons. The van der Waals surface area contributed by atoms with Gasteiger partial charge in [-0.15, -0.1) is 0 Å². The van der Waals surface area contributed by atoms with Gasteiger partial charge in [-0.3, -0.25) is 0 Å². The third kappa shape index (κ3) is 1.92. The molecule has 18 heavy (non-hydrogen) atoms. The number of imidazole rings is 1. The zero-order valence-corrected chi connectivity index (χ0v) is 10.2. The summed E-state index contributed by atoms with van der Waals surface area (Å²) in [6.45, 7) is 0.401. The van der Waals surface area contributed by atoms with E-state index >= 15 is 0 Å². The van der Waals surface area contributed by atoms with Crippen LogP contribution in [0.25, 0.3) is 11.0 Å². The molecule has 0 bridgehead atoms. The first kappa shape index (κ1) is 11.1. The molecule has 1 aromatic carbocycles. The van der Waals surface area contributed by atoms with Gasteiger partial charge in [-0.1, -0.05) is 12.1 Å². The van der Waals surface area contributed by atoms with Gasteiger partial charge in [-0.2, -0.15) is 0 Å². The van der Waals surface area contributed by atoms with Crippen LogP contribution in [0.1, 0.15) is 24.7 Å². The molecule has 1 amide bonds. The van der Waals surface area contributed by atoms with Crippen molar-refractivity contribution in [1.82, 2.24) is 14.9 Å². The van der Waals surface area contributed by atoms with Crippen LogP contribution in [0.5, 0.6) is 0 Å². The summed E-state index contributed by atoms with van der Waals surface area (Å²) in [6, 6.07) is 8.59. The summed E-state index contributed by atoms with van der Waals surface area (Å²) in [5.74, 6) is 0.893. The number of alkyl carbamates (subject to hydrolysis) is 1. The fourth-order valence-corrected chi connectivity index (χ4v) is 2.18. The molecule has 0 unspecified atom stereocenters. The number of rotatable bonds is 3. The highest BCUT2D eigenvalue weighted by molar-refractivity contribution is 5.76. The van der Waals surface area contributed by atoms with Crippen LogP contribution in [0.3, 0.4) is 0 Å². The summed E-state index contributed by atoms with van der Waals surface area (Å²) in [4.78, 5) is 15.7. The van der Waals surface area contributed by atoms with Crippen LogP contribution >= 0.6 is 0 Å². The SMILES string of the molecule is COC(=O)NCc1nc2ccccc2n1C1CC1. The Labute approximate surface area is 105 Å². The number of methoxy groups -OCH3 is 1.